The number of nitrogens with one attached hydrogen (secondary N) is 2. The third-order valence-corrected chi connectivity index (χ3v) is 1.94. The maximum absolute atomic E-state index is 11.3. The van der Waals surface area contributed by atoms with Gasteiger partial charge in [0.2, 0.25) is 5.82 Å². The highest BCUT2D eigenvalue weighted by Gasteiger charge is 2.06. The number of carbonyl (C=O) groups is 1. The molecule has 0 fully saturated rings. The van der Waals surface area contributed by atoms with E-state index in [0.717, 1.165) is 25.9 Å². The Labute approximate surface area is 88.4 Å². The maximum atomic E-state index is 11.3. The van der Waals surface area contributed by atoms with Crippen LogP contribution in [0.1, 0.15) is 29.9 Å². The molecule has 0 aromatic carbocycles. The second-order valence-corrected chi connectivity index (χ2v) is 3.14. The van der Waals surface area contributed by atoms with E-state index < -0.39 is 0 Å². The van der Waals surface area contributed by atoms with Crippen LogP contribution in [0.2, 0.25) is 0 Å². The molecule has 0 aliphatic rings. The molecule has 0 aliphatic heterocycles. The van der Waals surface area contributed by atoms with Crippen molar-refractivity contribution in [2.75, 3.05) is 20.3 Å². The molecule has 15 heavy (non-hydrogen) atoms. The fourth-order valence-corrected chi connectivity index (χ4v) is 1.15. The molecule has 0 atom stereocenters. The number of ether oxygens (including phenoxy) is 1. The van der Waals surface area contributed by atoms with Crippen molar-refractivity contribution in [1.29, 1.82) is 0 Å². The van der Waals surface area contributed by atoms with Gasteiger partial charge in [-0.25, -0.2) is 4.98 Å². The highest BCUT2D eigenvalue weighted by atomic mass is 16.5. The van der Waals surface area contributed by atoms with Crippen molar-refractivity contribution < 1.29 is 9.53 Å². The third-order valence-electron chi connectivity index (χ3n) is 1.94. The van der Waals surface area contributed by atoms with Gasteiger partial charge >= 0.3 is 0 Å². The molecule has 6 nitrogen and oxygen atoms in total. The number of amides is 1. The summed E-state index contributed by atoms with van der Waals surface area (Å²) in [4.78, 5) is 15.1. The average Bonchev–Trinajstić information content (AvgIpc) is 2.76. The highest BCUT2D eigenvalue weighted by molar-refractivity contribution is 5.90. The van der Waals surface area contributed by atoms with Crippen LogP contribution in [0, 0.1) is 0 Å². The summed E-state index contributed by atoms with van der Waals surface area (Å²) >= 11 is 0. The minimum absolute atomic E-state index is 0.209. The van der Waals surface area contributed by atoms with E-state index in [9.17, 15) is 4.79 Å². The summed E-state index contributed by atoms with van der Waals surface area (Å²) < 4.78 is 4.92. The number of unbranched alkanes of at least 4 members (excludes halogenated alkanes) is 2. The minimum Gasteiger partial charge on any atom is -0.385 e. The second-order valence-electron chi connectivity index (χ2n) is 3.14. The first kappa shape index (κ1) is 11.6. The number of carbonyl (C=O) groups excluding carboxylic acids is 1. The van der Waals surface area contributed by atoms with Crippen LogP contribution in [-0.4, -0.2) is 41.3 Å². The Morgan fingerprint density at radius 3 is 3.07 bits per heavy atom. The van der Waals surface area contributed by atoms with E-state index in [1.807, 2.05) is 0 Å². The minimum atomic E-state index is -0.209. The second kappa shape index (κ2) is 6.94. The molecule has 0 radical (unpaired) electrons. The molecule has 1 rings (SSSR count). The molecule has 84 valence electrons. The number of methoxy groups -OCH3 is 1. The van der Waals surface area contributed by atoms with Crippen LogP contribution in [0.3, 0.4) is 0 Å². The molecule has 0 saturated carbocycles. The lowest BCUT2D eigenvalue weighted by Crippen LogP contribution is -2.25. The number of hydrogen-bond donors (Lipinski definition) is 2. The van der Waals surface area contributed by atoms with E-state index in [0.29, 0.717) is 6.54 Å². The number of rotatable bonds is 7. The number of aromatic amines is 1. The van der Waals surface area contributed by atoms with Gasteiger partial charge in [-0.3, -0.25) is 9.89 Å². The van der Waals surface area contributed by atoms with E-state index in [1.165, 1.54) is 6.33 Å². The van der Waals surface area contributed by atoms with E-state index in [4.69, 9.17) is 4.74 Å². The molecule has 1 aromatic rings. The molecule has 1 amide bonds. The maximum Gasteiger partial charge on any atom is 0.288 e. The number of aromatic nitrogens is 3. The zero-order chi connectivity index (χ0) is 10.9. The van der Waals surface area contributed by atoms with Crippen LogP contribution < -0.4 is 5.32 Å². The molecule has 0 bridgehead atoms. The Balaban J connectivity index is 2.03. The summed E-state index contributed by atoms with van der Waals surface area (Å²) in [5.41, 5.74) is 0. The zero-order valence-electron chi connectivity index (χ0n) is 8.82. The quantitative estimate of drug-likeness (QED) is 0.639. The first-order valence-electron chi connectivity index (χ1n) is 4.97. The van der Waals surface area contributed by atoms with E-state index >= 15 is 0 Å². The van der Waals surface area contributed by atoms with Crippen LogP contribution in [0.5, 0.6) is 0 Å². The van der Waals surface area contributed by atoms with Crippen molar-refractivity contribution in [2.24, 2.45) is 0 Å². The zero-order valence-corrected chi connectivity index (χ0v) is 8.82. The average molecular weight is 212 g/mol. The normalized spacial score (nSPS) is 10.2. The Morgan fingerprint density at radius 1 is 1.53 bits per heavy atom. The van der Waals surface area contributed by atoms with Gasteiger partial charge in [-0.05, 0) is 19.3 Å². The van der Waals surface area contributed by atoms with Crippen molar-refractivity contribution in [1.82, 2.24) is 20.5 Å². The van der Waals surface area contributed by atoms with Gasteiger partial charge in [0.15, 0.2) is 0 Å². The number of hydrogen-bond acceptors (Lipinski definition) is 4. The molecule has 0 aliphatic carbocycles. The van der Waals surface area contributed by atoms with Gasteiger partial charge in [-0.15, -0.1) is 0 Å². The first-order valence-corrected chi connectivity index (χ1v) is 4.97. The Hall–Kier alpha value is -1.43. The molecule has 1 heterocycles. The third kappa shape index (κ3) is 4.55. The van der Waals surface area contributed by atoms with Gasteiger partial charge in [0.1, 0.15) is 6.33 Å². The van der Waals surface area contributed by atoms with Crippen molar-refractivity contribution in [2.45, 2.75) is 19.3 Å². The molecule has 6 heteroatoms. The van der Waals surface area contributed by atoms with Crippen LogP contribution in [0.4, 0.5) is 0 Å². The van der Waals surface area contributed by atoms with Crippen molar-refractivity contribution in [3.63, 3.8) is 0 Å². The van der Waals surface area contributed by atoms with Crippen LogP contribution in [0.25, 0.3) is 0 Å². The molecule has 1 aromatic heterocycles. The summed E-state index contributed by atoms with van der Waals surface area (Å²) in [6.07, 6.45) is 4.33. The van der Waals surface area contributed by atoms with Crippen LogP contribution in [0.15, 0.2) is 6.33 Å². The van der Waals surface area contributed by atoms with Gasteiger partial charge in [0.25, 0.3) is 5.91 Å². The highest BCUT2D eigenvalue weighted by Crippen LogP contribution is 1.94. The summed E-state index contributed by atoms with van der Waals surface area (Å²) in [6, 6.07) is 0. The molecule has 0 unspecified atom stereocenters. The molecular weight excluding hydrogens is 196 g/mol. The fourth-order valence-electron chi connectivity index (χ4n) is 1.15. The molecule has 0 spiro atoms. The monoisotopic (exact) mass is 212 g/mol. The molecular formula is C9H16N4O2. The van der Waals surface area contributed by atoms with Gasteiger partial charge in [0, 0.05) is 20.3 Å². The lowest BCUT2D eigenvalue weighted by molar-refractivity contribution is 0.0942. The summed E-state index contributed by atoms with van der Waals surface area (Å²) in [6.45, 7) is 1.43. The lowest BCUT2D eigenvalue weighted by atomic mass is 10.2. The fraction of sp³-hybridized carbons (Fsp3) is 0.667. The van der Waals surface area contributed by atoms with E-state index in [-0.39, 0.29) is 11.7 Å². The van der Waals surface area contributed by atoms with Crippen molar-refractivity contribution >= 4 is 5.91 Å². The SMILES string of the molecule is COCCCCCNC(=O)c1ncn[nH]1. The first-order chi connectivity index (χ1) is 7.34. The standard InChI is InChI=1S/C9H16N4O2/c1-15-6-4-2-3-5-10-9(14)8-11-7-12-13-8/h7H,2-6H2,1H3,(H,10,14)(H,11,12,13). The smallest absolute Gasteiger partial charge is 0.288 e. The Kier molecular flexibility index (Phi) is 5.39. The summed E-state index contributed by atoms with van der Waals surface area (Å²) in [7, 11) is 1.69. The number of nitrogens with zero attached hydrogens (tertiary/aromatic N) is 2. The van der Waals surface area contributed by atoms with Gasteiger partial charge in [0.05, 0.1) is 0 Å². The lowest BCUT2D eigenvalue weighted by Gasteiger charge is -2.02. The van der Waals surface area contributed by atoms with E-state index in [1.54, 1.807) is 7.11 Å². The predicted octanol–water partition coefficient (Wildman–Crippen LogP) is 0.351. The molecule has 2 N–H and O–H groups in total. The Bertz CT molecular complexity index is 274. The van der Waals surface area contributed by atoms with Gasteiger partial charge < -0.3 is 10.1 Å². The summed E-state index contributed by atoms with van der Waals surface area (Å²) in [5, 5.41) is 8.85. The van der Waals surface area contributed by atoms with Crippen molar-refractivity contribution in [3.05, 3.63) is 12.2 Å². The van der Waals surface area contributed by atoms with Crippen molar-refractivity contribution in [3.8, 4) is 0 Å². The largest absolute Gasteiger partial charge is 0.385 e. The van der Waals surface area contributed by atoms with Gasteiger partial charge in [-0.1, -0.05) is 0 Å². The Morgan fingerprint density at radius 2 is 2.40 bits per heavy atom. The predicted molar refractivity (Wildman–Crippen MR) is 54.4 cm³/mol. The van der Waals surface area contributed by atoms with Gasteiger partial charge in [-0.2, -0.15) is 5.10 Å². The van der Waals surface area contributed by atoms with Crippen LogP contribution >= 0.6 is 0 Å². The topological polar surface area (TPSA) is 79.9 Å². The van der Waals surface area contributed by atoms with E-state index in [2.05, 4.69) is 20.5 Å². The number of H-pyrrole nitrogens is 1. The van der Waals surface area contributed by atoms with Crippen LogP contribution in [-0.2, 0) is 4.74 Å². The molecule has 0 saturated heterocycles. The summed E-state index contributed by atoms with van der Waals surface area (Å²) in [5.74, 6) is 0.0473.